The van der Waals surface area contributed by atoms with E-state index in [0.29, 0.717) is 12.5 Å². The van der Waals surface area contributed by atoms with Crippen LogP contribution in [0.5, 0.6) is 5.75 Å². The fraction of sp³-hybridized carbons (Fsp3) is 0.478. The van der Waals surface area contributed by atoms with Crippen LogP contribution in [0, 0.1) is 11.7 Å². The van der Waals surface area contributed by atoms with Crippen LogP contribution in [0.1, 0.15) is 36.9 Å². The zero-order valence-electron chi connectivity index (χ0n) is 16.6. The maximum Gasteiger partial charge on any atom is 0.258 e. The summed E-state index contributed by atoms with van der Waals surface area (Å²) in [7, 11) is 0. The fourth-order valence-corrected chi connectivity index (χ4v) is 4.43. The molecule has 0 unspecified atom stereocenters. The lowest BCUT2D eigenvalue weighted by Crippen LogP contribution is -2.51. The highest BCUT2D eigenvalue weighted by atomic mass is 19.1. The van der Waals surface area contributed by atoms with E-state index < -0.39 is 0 Å². The van der Waals surface area contributed by atoms with Gasteiger partial charge >= 0.3 is 0 Å². The normalized spacial score (nSPS) is 23.6. The Balaban J connectivity index is 1.41. The van der Waals surface area contributed by atoms with E-state index in [1.807, 2.05) is 18.2 Å². The molecular formula is C23H28FN3O2. The van der Waals surface area contributed by atoms with E-state index in [-0.39, 0.29) is 24.4 Å². The maximum absolute atomic E-state index is 13.1. The molecule has 6 heteroatoms. The van der Waals surface area contributed by atoms with Gasteiger partial charge in [-0.3, -0.25) is 14.7 Å². The van der Waals surface area contributed by atoms with Gasteiger partial charge < -0.3 is 10.1 Å². The fourth-order valence-electron chi connectivity index (χ4n) is 4.43. The smallest absolute Gasteiger partial charge is 0.258 e. The van der Waals surface area contributed by atoms with Crippen LogP contribution < -0.4 is 10.1 Å². The molecule has 2 atom stereocenters. The summed E-state index contributed by atoms with van der Waals surface area (Å²) in [4.78, 5) is 19.0. The number of nitrogens with one attached hydrogen (secondary N) is 1. The lowest BCUT2D eigenvalue weighted by molar-refractivity contribution is -0.124. The first-order valence-corrected chi connectivity index (χ1v) is 10.5. The molecule has 1 saturated heterocycles. The van der Waals surface area contributed by atoms with Crippen LogP contribution in [0.25, 0.3) is 0 Å². The number of ether oxygens (including phenoxy) is 1. The number of nitrogens with zero attached hydrogens (tertiary/aromatic N) is 2. The van der Waals surface area contributed by atoms with E-state index in [0.717, 1.165) is 56.6 Å². The van der Waals surface area contributed by atoms with Gasteiger partial charge in [-0.15, -0.1) is 0 Å². The highest BCUT2D eigenvalue weighted by Gasteiger charge is 2.30. The number of amides is 1. The van der Waals surface area contributed by atoms with Crippen LogP contribution >= 0.6 is 0 Å². The molecule has 154 valence electrons. The van der Waals surface area contributed by atoms with Gasteiger partial charge in [-0.1, -0.05) is 24.6 Å². The van der Waals surface area contributed by atoms with Gasteiger partial charge in [0.05, 0.1) is 11.9 Å². The Labute approximate surface area is 171 Å². The predicted octanol–water partition coefficient (Wildman–Crippen LogP) is 3.33. The molecule has 2 aromatic rings. The van der Waals surface area contributed by atoms with E-state index in [1.165, 1.54) is 17.8 Å². The van der Waals surface area contributed by atoms with Crippen molar-refractivity contribution in [2.45, 2.75) is 44.7 Å². The number of rotatable bonds is 2. The minimum atomic E-state index is -0.307. The second-order valence-corrected chi connectivity index (χ2v) is 8.07. The SMILES string of the molecule is O=C1COc2ccccc2CCCC[C@H]2CN(Cc3ccc(F)cn3)CC[C@H]2N1. The van der Waals surface area contributed by atoms with Crippen LogP contribution in [-0.4, -0.2) is 41.5 Å². The van der Waals surface area contributed by atoms with Crippen molar-refractivity contribution < 1.29 is 13.9 Å². The number of pyridine rings is 1. The number of para-hydroxylation sites is 1. The molecule has 29 heavy (non-hydrogen) atoms. The molecule has 1 fully saturated rings. The van der Waals surface area contributed by atoms with Crippen LogP contribution in [-0.2, 0) is 17.8 Å². The molecule has 0 bridgehead atoms. The highest BCUT2D eigenvalue weighted by molar-refractivity contribution is 5.78. The number of halogens is 1. The van der Waals surface area contributed by atoms with E-state index in [2.05, 4.69) is 21.3 Å². The van der Waals surface area contributed by atoms with Gasteiger partial charge in [-0.25, -0.2) is 4.39 Å². The third kappa shape index (κ3) is 5.32. The lowest BCUT2D eigenvalue weighted by atomic mass is 9.87. The van der Waals surface area contributed by atoms with Crippen molar-refractivity contribution in [2.75, 3.05) is 19.7 Å². The topological polar surface area (TPSA) is 54.5 Å². The summed E-state index contributed by atoms with van der Waals surface area (Å²) in [5.74, 6) is 0.867. The van der Waals surface area contributed by atoms with Gasteiger partial charge in [0, 0.05) is 25.7 Å². The number of piperidine rings is 1. The number of hydrogen-bond acceptors (Lipinski definition) is 4. The first kappa shape index (κ1) is 19.8. The van der Waals surface area contributed by atoms with Crippen molar-refractivity contribution in [3.05, 3.63) is 59.7 Å². The molecule has 0 saturated carbocycles. The number of fused-ring (bicyclic) bond motifs is 2. The second kappa shape index (κ2) is 9.35. The molecule has 1 aromatic heterocycles. The van der Waals surface area contributed by atoms with Gasteiger partial charge in [0.25, 0.3) is 5.91 Å². The van der Waals surface area contributed by atoms with Crippen molar-refractivity contribution in [3.8, 4) is 5.75 Å². The Kier molecular flexibility index (Phi) is 6.39. The number of aromatic nitrogens is 1. The summed E-state index contributed by atoms with van der Waals surface area (Å²) in [6.45, 7) is 2.59. The van der Waals surface area contributed by atoms with E-state index >= 15 is 0 Å². The number of hydrogen-bond donors (Lipinski definition) is 1. The molecular weight excluding hydrogens is 369 g/mol. The predicted molar refractivity (Wildman–Crippen MR) is 109 cm³/mol. The van der Waals surface area contributed by atoms with Crippen molar-refractivity contribution in [3.63, 3.8) is 0 Å². The van der Waals surface area contributed by atoms with Crippen molar-refractivity contribution in [1.82, 2.24) is 15.2 Å². The second-order valence-electron chi connectivity index (χ2n) is 8.07. The molecule has 4 rings (SSSR count). The maximum atomic E-state index is 13.1. The number of benzene rings is 1. The Hall–Kier alpha value is -2.47. The van der Waals surface area contributed by atoms with E-state index in [4.69, 9.17) is 4.74 Å². The summed E-state index contributed by atoms with van der Waals surface area (Å²) >= 11 is 0. The molecule has 2 aliphatic rings. The molecule has 0 spiro atoms. The van der Waals surface area contributed by atoms with Gasteiger partial charge in [0.2, 0.25) is 0 Å². The Bertz CT molecular complexity index is 827. The Morgan fingerprint density at radius 2 is 2.07 bits per heavy atom. The van der Waals surface area contributed by atoms with Crippen molar-refractivity contribution in [1.29, 1.82) is 0 Å². The van der Waals surface area contributed by atoms with E-state index in [1.54, 1.807) is 6.07 Å². The van der Waals surface area contributed by atoms with Gasteiger partial charge in [0.1, 0.15) is 11.6 Å². The molecule has 3 heterocycles. The third-order valence-electron chi connectivity index (χ3n) is 5.94. The first-order valence-electron chi connectivity index (χ1n) is 10.5. The molecule has 1 amide bonds. The number of likely N-dealkylation sites (tertiary alicyclic amines) is 1. The standard InChI is InChI=1S/C23H28FN3O2/c24-19-9-10-20(25-13-19)15-27-12-11-21-18(14-27)7-2-1-5-17-6-3-4-8-22(17)29-16-23(28)26-21/h3-4,6,8-10,13,18,21H,1-2,5,7,11-12,14-16H2,(H,26,28)/t18-,21+/m0/s1. The Morgan fingerprint density at radius 3 is 2.93 bits per heavy atom. The van der Waals surface area contributed by atoms with Crippen molar-refractivity contribution in [2.24, 2.45) is 5.92 Å². The minimum absolute atomic E-state index is 0.0518. The summed E-state index contributed by atoms with van der Waals surface area (Å²) in [6.07, 6.45) is 6.47. The van der Waals surface area contributed by atoms with Gasteiger partial charge in [-0.05, 0) is 55.4 Å². The first-order chi connectivity index (χ1) is 14.2. The average Bonchev–Trinajstić information content (AvgIpc) is 2.73. The molecule has 0 radical (unpaired) electrons. The summed E-state index contributed by atoms with van der Waals surface area (Å²) < 4.78 is 18.9. The minimum Gasteiger partial charge on any atom is -0.483 e. The average molecular weight is 397 g/mol. The largest absolute Gasteiger partial charge is 0.483 e. The van der Waals surface area contributed by atoms with E-state index in [9.17, 15) is 9.18 Å². The number of carbonyl (C=O) groups is 1. The molecule has 0 aliphatic carbocycles. The van der Waals surface area contributed by atoms with Crippen LogP contribution in [0.2, 0.25) is 0 Å². The van der Waals surface area contributed by atoms with Crippen molar-refractivity contribution >= 4 is 5.91 Å². The van der Waals surface area contributed by atoms with Gasteiger partial charge in [-0.2, -0.15) is 0 Å². The molecule has 1 N–H and O–H groups in total. The van der Waals surface area contributed by atoms with Gasteiger partial charge in [0.15, 0.2) is 6.61 Å². The van der Waals surface area contributed by atoms with Crippen LogP contribution in [0.4, 0.5) is 4.39 Å². The molecule has 5 nitrogen and oxygen atoms in total. The zero-order chi connectivity index (χ0) is 20.1. The molecule has 1 aromatic carbocycles. The number of aryl methyl sites for hydroxylation is 1. The Morgan fingerprint density at radius 1 is 1.17 bits per heavy atom. The highest BCUT2D eigenvalue weighted by Crippen LogP contribution is 2.26. The monoisotopic (exact) mass is 397 g/mol. The summed E-state index contributed by atoms with van der Waals surface area (Å²) in [6, 6.07) is 11.4. The number of carbonyl (C=O) groups excluding carboxylic acids is 1. The summed E-state index contributed by atoms with van der Waals surface area (Å²) in [5.41, 5.74) is 2.05. The summed E-state index contributed by atoms with van der Waals surface area (Å²) in [5, 5.41) is 3.20. The quantitative estimate of drug-likeness (QED) is 0.845. The molecule has 2 aliphatic heterocycles. The van der Waals surface area contributed by atoms with Crippen LogP contribution in [0.15, 0.2) is 42.6 Å². The third-order valence-corrected chi connectivity index (χ3v) is 5.94. The van der Waals surface area contributed by atoms with Crippen LogP contribution in [0.3, 0.4) is 0 Å². The zero-order valence-corrected chi connectivity index (χ0v) is 16.6. The lowest BCUT2D eigenvalue weighted by Gasteiger charge is -2.39.